The van der Waals surface area contributed by atoms with Crippen molar-refractivity contribution in [1.82, 2.24) is 0 Å². The number of hydrogen-bond acceptors (Lipinski definition) is 2. The van der Waals surface area contributed by atoms with Crippen LogP contribution in [0.5, 0.6) is 0 Å². The Morgan fingerprint density at radius 1 is 1.11 bits per heavy atom. The largest absolute Gasteiger partial charge is 0.495 e. The van der Waals surface area contributed by atoms with E-state index in [1.807, 2.05) is 19.1 Å². The Morgan fingerprint density at radius 2 is 1.63 bits per heavy atom. The monoisotopic (exact) mass is 258 g/mol. The minimum atomic E-state index is -0.298. The van der Waals surface area contributed by atoms with Crippen LogP contribution in [0.4, 0.5) is 0 Å². The Balaban J connectivity index is 2.32. The van der Waals surface area contributed by atoms with Crippen molar-refractivity contribution >= 4 is 12.6 Å². The fraction of sp³-hybridized carbons (Fsp3) is 0.500. The molecule has 102 valence electrons. The van der Waals surface area contributed by atoms with Gasteiger partial charge in [0.05, 0.1) is 11.2 Å². The maximum atomic E-state index is 6.12. The molecule has 1 aromatic rings. The molecule has 0 atom stereocenters. The van der Waals surface area contributed by atoms with E-state index in [1.165, 1.54) is 5.56 Å². The zero-order valence-electron chi connectivity index (χ0n) is 12.6. The number of benzene rings is 1. The second-order valence-electron chi connectivity index (χ2n) is 6.42. The third-order valence-corrected chi connectivity index (χ3v) is 4.05. The van der Waals surface area contributed by atoms with Crippen molar-refractivity contribution in [3.8, 4) is 0 Å². The predicted octanol–water partition coefficient (Wildman–Crippen LogP) is 3.10. The van der Waals surface area contributed by atoms with Crippen LogP contribution in [-0.2, 0) is 15.7 Å². The summed E-state index contributed by atoms with van der Waals surface area (Å²) in [6.07, 6.45) is 0.861. The van der Waals surface area contributed by atoms with Gasteiger partial charge in [0, 0.05) is 0 Å². The third kappa shape index (κ3) is 2.77. The van der Waals surface area contributed by atoms with Crippen LogP contribution in [-0.4, -0.2) is 18.3 Å². The van der Waals surface area contributed by atoms with Crippen molar-refractivity contribution in [2.24, 2.45) is 0 Å². The first-order chi connectivity index (χ1) is 8.73. The lowest BCUT2D eigenvalue weighted by Crippen LogP contribution is -2.41. The van der Waals surface area contributed by atoms with Crippen molar-refractivity contribution < 1.29 is 9.31 Å². The Kier molecular flexibility index (Phi) is 3.63. The van der Waals surface area contributed by atoms with Crippen LogP contribution in [0.1, 0.15) is 40.2 Å². The quantitative estimate of drug-likeness (QED) is 0.612. The summed E-state index contributed by atoms with van der Waals surface area (Å²) in [6.45, 7) is 14.3. The van der Waals surface area contributed by atoms with Gasteiger partial charge in [0.2, 0.25) is 0 Å². The molecule has 0 saturated carbocycles. The smallest absolute Gasteiger partial charge is 0.399 e. The van der Waals surface area contributed by atoms with Crippen LogP contribution in [0, 0.1) is 0 Å². The van der Waals surface area contributed by atoms with Gasteiger partial charge in [-0.15, -0.1) is 0 Å². The van der Waals surface area contributed by atoms with Crippen LogP contribution in [0.15, 0.2) is 36.4 Å². The topological polar surface area (TPSA) is 18.5 Å². The van der Waals surface area contributed by atoms with Gasteiger partial charge in [-0.25, -0.2) is 0 Å². The zero-order chi connectivity index (χ0) is 14.3. The first-order valence-corrected chi connectivity index (χ1v) is 6.81. The molecule has 0 spiro atoms. The van der Waals surface area contributed by atoms with Crippen molar-refractivity contribution in [2.75, 3.05) is 0 Å². The molecule has 0 aliphatic carbocycles. The molecule has 2 rings (SSSR count). The molecular formula is C16H23BO2. The molecule has 1 aromatic carbocycles. The van der Waals surface area contributed by atoms with E-state index in [0.717, 1.165) is 17.5 Å². The molecule has 1 fully saturated rings. The lowest BCUT2D eigenvalue weighted by Gasteiger charge is -2.32. The second kappa shape index (κ2) is 4.80. The van der Waals surface area contributed by atoms with Crippen LogP contribution in [0.25, 0.3) is 0 Å². The molecule has 0 unspecified atom stereocenters. The van der Waals surface area contributed by atoms with E-state index in [1.54, 1.807) is 0 Å². The van der Waals surface area contributed by atoms with E-state index in [9.17, 15) is 0 Å². The van der Waals surface area contributed by atoms with Crippen molar-refractivity contribution in [3.05, 3.63) is 42.0 Å². The highest BCUT2D eigenvalue weighted by atomic mass is 16.7. The number of hydrogen-bond donors (Lipinski definition) is 0. The van der Waals surface area contributed by atoms with Crippen LogP contribution >= 0.6 is 0 Å². The van der Waals surface area contributed by atoms with Gasteiger partial charge in [0.25, 0.3) is 0 Å². The normalized spacial score (nSPS) is 20.6. The summed E-state index contributed by atoms with van der Waals surface area (Å²) in [7, 11) is -0.291. The van der Waals surface area contributed by atoms with Crippen LogP contribution in [0.3, 0.4) is 0 Å². The summed E-state index contributed by atoms with van der Waals surface area (Å²) in [4.78, 5) is 0. The standard InChI is InChI=1S/C16H23BO2/c1-12(2)11-13-9-7-8-10-14(13)17-18-15(3,4)16(5,6)19-17/h7-10H,1,11H2,2-6H3. The lowest BCUT2D eigenvalue weighted by molar-refractivity contribution is 0.00578. The first-order valence-electron chi connectivity index (χ1n) is 6.81. The Morgan fingerprint density at radius 3 is 2.16 bits per heavy atom. The van der Waals surface area contributed by atoms with E-state index in [-0.39, 0.29) is 18.3 Å². The minimum absolute atomic E-state index is 0.291. The summed E-state index contributed by atoms with van der Waals surface area (Å²) < 4.78 is 12.2. The average molecular weight is 258 g/mol. The van der Waals surface area contributed by atoms with E-state index >= 15 is 0 Å². The summed E-state index contributed by atoms with van der Waals surface area (Å²) in [5.41, 5.74) is 2.89. The Bertz CT molecular complexity index is 475. The van der Waals surface area contributed by atoms with Gasteiger partial charge in [-0.1, -0.05) is 36.4 Å². The maximum Gasteiger partial charge on any atom is 0.495 e. The van der Waals surface area contributed by atoms with Gasteiger partial charge < -0.3 is 9.31 Å². The van der Waals surface area contributed by atoms with Gasteiger partial charge in [-0.05, 0) is 52.1 Å². The molecule has 1 aliphatic rings. The predicted molar refractivity (Wildman–Crippen MR) is 80.7 cm³/mol. The third-order valence-electron chi connectivity index (χ3n) is 4.05. The molecule has 0 aromatic heterocycles. The highest BCUT2D eigenvalue weighted by Crippen LogP contribution is 2.36. The molecule has 1 heterocycles. The summed E-state index contributed by atoms with van der Waals surface area (Å²) in [5, 5.41) is 0. The lowest BCUT2D eigenvalue weighted by atomic mass is 9.75. The number of allylic oxidation sites excluding steroid dienone is 1. The molecule has 0 radical (unpaired) electrons. The van der Waals surface area contributed by atoms with Gasteiger partial charge in [0.1, 0.15) is 0 Å². The molecule has 0 bridgehead atoms. The molecule has 0 N–H and O–H groups in total. The Hall–Kier alpha value is -1.06. The van der Waals surface area contributed by atoms with Gasteiger partial charge >= 0.3 is 7.12 Å². The van der Waals surface area contributed by atoms with Crippen molar-refractivity contribution in [3.63, 3.8) is 0 Å². The fourth-order valence-electron chi connectivity index (χ4n) is 2.22. The molecule has 0 amide bonds. The maximum absolute atomic E-state index is 6.12. The van der Waals surface area contributed by atoms with Crippen LogP contribution < -0.4 is 5.46 Å². The first kappa shape index (κ1) is 14.4. The van der Waals surface area contributed by atoms with Gasteiger partial charge in [-0.2, -0.15) is 0 Å². The fourth-order valence-corrected chi connectivity index (χ4v) is 2.22. The summed E-state index contributed by atoms with van der Waals surface area (Å²) in [6, 6.07) is 8.28. The second-order valence-corrected chi connectivity index (χ2v) is 6.42. The van der Waals surface area contributed by atoms with Crippen molar-refractivity contribution in [2.45, 2.75) is 52.2 Å². The van der Waals surface area contributed by atoms with Crippen molar-refractivity contribution in [1.29, 1.82) is 0 Å². The van der Waals surface area contributed by atoms with Gasteiger partial charge in [-0.3, -0.25) is 0 Å². The van der Waals surface area contributed by atoms with Gasteiger partial charge in [0.15, 0.2) is 0 Å². The highest BCUT2D eigenvalue weighted by molar-refractivity contribution is 6.62. The summed E-state index contributed by atoms with van der Waals surface area (Å²) in [5.74, 6) is 0. The molecule has 1 saturated heterocycles. The average Bonchev–Trinajstić information content (AvgIpc) is 2.48. The summed E-state index contributed by atoms with van der Waals surface area (Å²) >= 11 is 0. The SMILES string of the molecule is C=C(C)Cc1ccccc1B1OC(C)(C)C(C)(C)O1. The zero-order valence-corrected chi connectivity index (χ0v) is 12.6. The number of rotatable bonds is 3. The highest BCUT2D eigenvalue weighted by Gasteiger charge is 2.52. The Labute approximate surface area is 117 Å². The van der Waals surface area contributed by atoms with E-state index in [4.69, 9.17) is 9.31 Å². The molecule has 19 heavy (non-hydrogen) atoms. The minimum Gasteiger partial charge on any atom is -0.399 e. The molecule has 2 nitrogen and oxygen atoms in total. The molecular weight excluding hydrogens is 235 g/mol. The van der Waals surface area contributed by atoms with Crippen LogP contribution in [0.2, 0.25) is 0 Å². The van der Waals surface area contributed by atoms with E-state index in [0.29, 0.717) is 0 Å². The molecule has 3 heteroatoms. The van der Waals surface area contributed by atoms with E-state index < -0.39 is 0 Å². The molecule has 1 aliphatic heterocycles. The van der Waals surface area contributed by atoms with E-state index in [2.05, 4.69) is 46.4 Å².